The first-order chi connectivity index (χ1) is 9.72. The van der Waals surface area contributed by atoms with E-state index in [1.54, 1.807) is 12.1 Å². The van der Waals surface area contributed by atoms with Crippen LogP contribution in [0.15, 0.2) is 28.8 Å². The molecule has 0 amide bonds. The number of aryl methyl sites for hydroxylation is 2. The number of aromatic nitrogens is 3. The van der Waals surface area contributed by atoms with Crippen molar-refractivity contribution in [3.8, 4) is 0 Å². The highest BCUT2D eigenvalue weighted by atomic mass is 16.4. The van der Waals surface area contributed by atoms with E-state index in [-0.39, 0.29) is 0 Å². The number of aromatic amines is 1. The molecule has 3 rings (SSSR count). The van der Waals surface area contributed by atoms with Gasteiger partial charge in [-0.25, -0.2) is 0 Å². The highest BCUT2D eigenvalue weighted by Crippen LogP contribution is 2.20. The maximum Gasteiger partial charge on any atom is 0.295 e. The number of oxazole rings is 1. The second kappa shape index (κ2) is 5.24. The molecule has 0 saturated heterocycles. The Labute approximate surface area is 116 Å². The Kier molecular flexibility index (Phi) is 3.28. The minimum Gasteiger partial charge on any atom is -0.424 e. The molecule has 6 nitrogen and oxygen atoms in total. The third-order valence-electron chi connectivity index (χ3n) is 3.25. The Morgan fingerprint density at radius 3 is 3.10 bits per heavy atom. The lowest BCUT2D eigenvalue weighted by atomic mass is 10.1. The number of nitrogens with one attached hydrogen (secondary N) is 2. The summed E-state index contributed by atoms with van der Waals surface area (Å²) < 4.78 is 5.59. The van der Waals surface area contributed by atoms with E-state index < -0.39 is 0 Å². The van der Waals surface area contributed by atoms with Crippen LogP contribution in [0.2, 0.25) is 0 Å². The molecule has 0 aliphatic rings. The molecule has 0 unspecified atom stereocenters. The van der Waals surface area contributed by atoms with E-state index in [9.17, 15) is 0 Å². The molecule has 0 spiro atoms. The van der Waals surface area contributed by atoms with E-state index in [1.807, 2.05) is 19.2 Å². The van der Waals surface area contributed by atoms with Gasteiger partial charge in [0.1, 0.15) is 5.52 Å². The van der Waals surface area contributed by atoms with Gasteiger partial charge in [-0.1, -0.05) is 0 Å². The molecule has 4 N–H and O–H groups in total. The van der Waals surface area contributed by atoms with Crippen LogP contribution in [-0.4, -0.2) is 21.7 Å². The van der Waals surface area contributed by atoms with Gasteiger partial charge in [-0.3, -0.25) is 5.10 Å². The third kappa shape index (κ3) is 2.59. The summed E-state index contributed by atoms with van der Waals surface area (Å²) in [4.78, 5) is 4.35. The van der Waals surface area contributed by atoms with Crippen molar-refractivity contribution in [1.29, 1.82) is 0 Å². The summed E-state index contributed by atoms with van der Waals surface area (Å²) in [7, 11) is 0. The number of H-pyrrole nitrogens is 1. The average molecular weight is 271 g/mol. The predicted molar refractivity (Wildman–Crippen MR) is 78.6 cm³/mol. The molecule has 2 aromatic heterocycles. The molecule has 0 aliphatic carbocycles. The number of benzene rings is 1. The molecular formula is C14H17N5O. The third-order valence-corrected chi connectivity index (χ3v) is 3.25. The van der Waals surface area contributed by atoms with E-state index in [0.717, 1.165) is 36.2 Å². The van der Waals surface area contributed by atoms with Gasteiger partial charge in [0.15, 0.2) is 5.58 Å². The van der Waals surface area contributed by atoms with Gasteiger partial charge in [0, 0.05) is 17.9 Å². The first kappa shape index (κ1) is 12.5. The minimum absolute atomic E-state index is 0.537. The topological polar surface area (TPSA) is 92.8 Å². The second-order valence-corrected chi connectivity index (χ2v) is 4.80. The van der Waals surface area contributed by atoms with E-state index in [0.29, 0.717) is 11.7 Å². The van der Waals surface area contributed by atoms with E-state index >= 15 is 0 Å². The summed E-state index contributed by atoms with van der Waals surface area (Å²) in [6, 6.07) is 5.98. The summed E-state index contributed by atoms with van der Waals surface area (Å²) in [5.41, 5.74) is 10.3. The minimum atomic E-state index is 0.537. The van der Waals surface area contributed by atoms with Crippen molar-refractivity contribution in [2.45, 2.75) is 19.8 Å². The van der Waals surface area contributed by atoms with Crippen molar-refractivity contribution in [2.75, 3.05) is 17.6 Å². The zero-order chi connectivity index (χ0) is 13.9. The molecule has 0 atom stereocenters. The molecule has 6 heteroatoms. The monoisotopic (exact) mass is 271 g/mol. The van der Waals surface area contributed by atoms with Crippen molar-refractivity contribution in [3.63, 3.8) is 0 Å². The van der Waals surface area contributed by atoms with Crippen LogP contribution in [0.3, 0.4) is 0 Å². The Morgan fingerprint density at radius 2 is 2.30 bits per heavy atom. The summed E-state index contributed by atoms with van der Waals surface area (Å²) in [5, 5.41) is 10.1. The van der Waals surface area contributed by atoms with Crippen molar-refractivity contribution in [3.05, 3.63) is 35.7 Å². The Bertz CT molecular complexity index is 715. The molecule has 0 aliphatic heterocycles. The number of rotatable bonds is 5. The molecule has 1 aromatic carbocycles. The summed E-state index contributed by atoms with van der Waals surface area (Å²) in [5.74, 6) is 0. The van der Waals surface area contributed by atoms with Crippen LogP contribution < -0.4 is 11.1 Å². The largest absolute Gasteiger partial charge is 0.424 e. The number of nitrogens with two attached hydrogens (primary N) is 1. The zero-order valence-corrected chi connectivity index (χ0v) is 11.3. The summed E-state index contributed by atoms with van der Waals surface area (Å²) >= 11 is 0. The SMILES string of the molecule is Cc1[nH]ncc1CCCNc1nc2cc(N)ccc2o1. The normalized spacial score (nSPS) is 11.1. The second-order valence-electron chi connectivity index (χ2n) is 4.80. The van der Waals surface area contributed by atoms with Gasteiger partial charge in [0.25, 0.3) is 6.01 Å². The Morgan fingerprint density at radius 1 is 1.40 bits per heavy atom. The lowest BCUT2D eigenvalue weighted by molar-refractivity contribution is 0.612. The molecule has 0 saturated carbocycles. The molecular weight excluding hydrogens is 254 g/mol. The van der Waals surface area contributed by atoms with Gasteiger partial charge < -0.3 is 15.5 Å². The molecule has 104 valence electrons. The van der Waals surface area contributed by atoms with Gasteiger partial charge in [0.05, 0.1) is 6.20 Å². The van der Waals surface area contributed by atoms with E-state index in [4.69, 9.17) is 10.2 Å². The van der Waals surface area contributed by atoms with Crippen LogP contribution in [0.4, 0.5) is 11.7 Å². The predicted octanol–water partition coefficient (Wildman–Crippen LogP) is 2.49. The van der Waals surface area contributed by atoms with Gasteiger partial charge in [-0.15, -0.1) is 0 Å². The molecule has 20 heavy (non-hydrogen) atoms. The van der Waals surface area contributed by atoms with E-state index in [1.165, 1.54) is 5.56 Å². The van der Waals surface area contributed by atoms with Crippen LogP contribution in [0.1, 0.15) is 17.7 Å². The zero-order valence-electron chi connectivity index (χ0n) is 11.3. The number of hydrogen-bond donors (Lipinski definition) is 3. The van der Waals surface area contributed by atoms with Crippen molar-refractivity contribution in [2.24, 2.45) is 0 Å². The van der Waals surface area contributed by atoms with Crippen molar-refractivity contribution >= 4 is 22.8 Å². The fraction of sp³-hybridized carbons (Fsp3) is 0.286. The fourth-order valence-electron chi connectivity index (χ4n) is 2.12. The number of nitrogens with zero attached hydrogens (tertiary/aromatic N) is 2. The Balaban J connectivity index is 1.56. The van der Waals surface area contributed by atoms with Crippen LogP contribution in [0, 0.1) is 6.92 Å². The van der Waals surface area contributed by atoms with Crippen LogP contribution in [0.5, 0.6) is 0 Å². The molecule has 2 heterocycles. The van der Waals surface area contributed by atoms with Gasteiger partial charge in [-0.05, 0) is 43.5 Å². The molecule has 0 fully saturated rings. The number of fused-ring (bicyclic) bond motifs is 1. The van der Waals surface area contributed by atoms with E-state index in [2.05, 4.69) is 20.5 Å². The number of hydrogen-bond acceptors (Lipinski definition) is 5. The van der Waals surface area contributed by atoms with Gasteiger partial charge >= 0.3 is 0 Å². The first-order valence-corrected chi connectivity index (χ1v) is 6.61. The van der Waals surface area contributed by atoms with Crippen molar-refractivity contribution < 1.29 is 4.42 Å². The van der Waals surface area contributed by atoms with Gasteiger partial charge in [0.2, 0.25) is 0 Å². The van der Waals surface area contributed by atoms with Crippen molar-refractivity contribution in [1.82, 2.24) is 15.2 Å². The quantitative estimate of drug-likeness (QED) is 0.489. The average Bonchev–Trinajstić information content (AvgIpc) is 3.00. The smallest absolute Gasteiger partial charge is 0.295 e. The van der Waals surface area contributed by atoms with Crippen LogP contribution >= 0.6 is 0 Å². The Hall–Kier alpha value is -2.50. The number of nitrogen functional groups attached to an aromatic ring is 1. The number of anilines is 2. The standard InChI is InChI=1S/C14H17N5O/c1-9-10(8-17-19-9)3-2-6-16-14-18-12-7-11(15)4-5-13(12)20-14/h4-5,7-8H,2-3,6,15H2,1H3,(H,16,18)(H,17,19). The maximum absolute atomic E-state index is 5.71. The summed E-state index contributed by atoms with van der Waals surface area (Å²) in [6.45, 7) is 2.83. The van der Waals surface area contributed by atoms with Crippen LogP contribution in [0.25, 0.3) is 11.1 Å². The van der Waals surface area contributed by atoms with Gasteiger partial charge in [-0.2, -0.15) is 10.1 Å². The molecule has 0 bridgehead atoms. The van der Waals surface area contributed by atoms with Crippen LogP contribution in [-0.2, 0) is 6.42 Å². The molecule has 0 radical (unpaired) electrons. The lowest BCUT2D eigenvalue weighted by Crippen LogP contribution is -2.03. The maximum atomic E-state index is 5.71. The first-order valence-electron chi connectivity index (χ1n) is 6.61. The summed E-state index contributed by atoms with van der Waals surface area (Å²) in [6.07, 6.45) is 3.83. The highest BCUT2D eigenvalue weighted by Gasteiger charge is 2.05. The lowest BCUT2D eigenvalue weighted by Gasteiger charge is -2.01. The highest BCUT2D eigenvalue weighted by molar-refractivity contribution is 5.78. The fourth-order valence-corrected chi connectivity index (χ4v) is 2.12. The molecule has 3 aromatic rings.